The number of benzene rings is 3. The van der Waals surface area contributed by atoms with Gasteiger partial charge in [0.2, 0.25) is 0 Å². The molecule has 0 unspecified atom stereocenters. The molecule has 3 rings (SSSR count). The van der Waals surface area contributed by atoms with Crippen molar-refractivity contribution in [2.24, 2.45) is 0 Å². The number of carbonyl (C=O) groups excluding carboxylic acids is 1. The Morgan fingerprint density at radius 2 is 1.57 bits per heavy atom. The molecule has 0 atom stereocenters. The summed E-state index contributed by atoms with van der Waals surface area (Å²) in [7, 11) is -2.45. The number of ether oxygens (including phenoxy) is 1. The van der Waals surface area contributed by atoms with E-state index in [2.05, 4.69) is 10.0 Å². The Balaban J connectivity index is 1.84. The first kappa shape index (κ1) is 21.3. The predicted molar refractivity (Wildman–Crippen MR) is 109 cm³/mol. The Hall–Kier alpha value is -3.46. The Bertz CT molecular complexity index is 1200. The zero-order valence-electron chi connectivity index (χ0n) is 16.1. The summed E-state index contributed by atoms with van der Waals surface area (Å²) in [5.41, 5.74) is 0.883. The molecule has 30 heavy (non-hydrogen) atoms. The molecule has 0 bridgehead atoms. The van der Waals surface area contributed by atoms with Crippen molar-refractivity contribution in [3.8, 4) is 5.75 Å². The van der Waals surface area contributed by atoms with Gasteiger partial charge in [0.05, 0.1) is 12.0 Å². The van der Waals surface area contributed by atoms with Crippen LogP contribution in [0, 0.1) is 18.6 Å². The summed E-state index contributed by atoms with van der Waals surface area (Å²) in [4.78, 5) is 12.3. The van der Waals surface area contributed by atoms with E-state index in [0.717, 1.165) is 18.2 Å². The van der Waals surface area contributed by atoms with E-state index >= 15 is 0 Å². The summed E-state index contributed by atoms with van der Waals surface area (Å²) in [5, 5.41) is 2.49. The summed E-state index contributed by atoms with van der Waals surface area (Å²) in [5.74, 6) is -2.35. The highest BCUT2D eigenvalue weighted by atomic mass is 32.2. The van der Waals surface area contributed by atoms with Crippen LogP contribution in [0.15, 0.2) is 65.6 Å². The third kappa shape index (κ3) is 4.74. The van der Waals surface area contributed by atoms with Gasteiger partial charge in [-0.2, -0.15) is 0 Å². The van der Waals surface area contributed by atoms with Gasteiger partial charge in [0.1, 0.15) is 5.75 Å². The number of hydrogen-bond acceptors (Lipinski definition) is 4. The molecule has 0 saturated heterocycles. The maximum absolute atomic E-state index is 13.4. The molecular formula is C21H18F2N2O4S. The van der Waals surface area contributed by atoms with Gasteiger partial charge >= 0.3 is 0 Å². The second-order valence-electron chi connectivity index (χ2n) is 6.40. The van der Waals surface area contributed by atoms with Crippen molar-refractivity contribution in [1.29, 1.82) is 0 Å². The molecule has 0 spiro atoms. The molecule has 2 N–H and O–H groups in total. The number of nitrogens with one attached hydrogen (secondary N) is 2. The Morgan fingerprint density at radius 3 is 2.20 bits per heavy atom. The molecule has 0 saturated carbocycles. The third-order valence-electron chi connectivity index (χ3n) is 4.26. The van der Waals surface area contributed by atoms with Crippen LogP contribution >= 0.6 is 0 Å². The number of hydrogen-bond donors (Lipinski definition) is 2. The van der Waals surface area contributed by atoms with Crippen LogP contribution in [0.3, 0.4) is 0 Å². The van der Waals surface area contributed by atoms with Crippen LogP contribution in [0.4, 0.5) is 20.2 Å². The lowest BCUT2D eigenvalue weighted by molar-refractivity contribution is 0.102. The van der Waals surface area contributed by atoms with E-state index in [1.807, 2.05) is 0 Å². The van der Waals surface area contributed by atoms with E-state index < -0.39 is 27.6 Å². The Morgan fingerprint density at radius 1 is 0.900 bits per heavy atom. The van der Waals surface area contributed by atoms with E-state index in [1.165, 1.54) is 25.3 Å². The fourth-order valence-corrected chi connectivity index (χ4v) is 4.01. The summed E-state index contributed by atoms with van der Waals surface area (Å²) >= 11 is 0. The third-order valence-corrected chi connectivity index (χ3v) is 5.78. The van der Waals surface area contributed by atoms with Crippen LogP contribution in [-0.4, -0.2) is 21.4 Å². The molecule has 3 aromatic carbocycles. The number of sulfonamides is 1. The van der Waals surface area contributed by atoms with Gasteiger partial charge in [0.25, 0.3) is 15.9 Å². The van der Waals surface area contributed by atoms with Crippen molar-refractivity contribution < 1.29 is 26.7 Å². The summed E-state index contributed by atoms with van der Waals surface area (Å²) in [6, 6.07) is 13.4. The molecule has 0 aliphatic rings. The molecular weight excluding hydrogens is 414 g/mol. The van der Waals surface area contributed by atoms with Gasteiger partial charge in [-0.05, 0) is 67.1 Å². The molecule has 0 aliphatic heterocycles. The second-order valence-corrected chi connectivity index (χ2v) is 8.05. The first-order valence-corrected chi connectivity index (χ1v) is 10.2. The van der Waals surface area contributed by atoms with Gasteiger partial charge in [-0.25, -0.2) is 17.2 Å². The van der Waals surface area contributed by atoms with E-state index in [1.54, 1.807) is 31.2 Å². The zero-order valence-corrected chi connectivity index (χ0v) is 16.9. The molecule has 6 nitrogen and oxygen atoms in total. The highest BCUT2D eigenvalue weighted by Crippen LogP contribution is 2.24. The number of aryl methyl sites for hydroxylation is 1. The van der Waals surface area contributed by atoms with Crippen LogP contribution < -0.4 is 14.8 Å². The van der Waals surface area contributed by atoms with E-state index in [4.69, 9.17) is 4.74 Å². The topological polar surface area (TPSA) is 84.5 Å². The van der Waals surface area contributed by atoms with Crippen LogP contribution in [0.25, 0.3) is 0 Å². The molecule has 0 heterocycles. The van der Waals surface area contributed by atoms with Gasteiger partial charge in [-0.3, -0.25) is 9.52 Å². The minimum Gasteiger partial charge on any atom is -0.497 e. The second kappa shape index (κ2) is 8.50. The zero-order chi connectivity index (χ0) is 21.9. The van der Waals surface area contributed by atoms with Crippen LogP contribution in [0.1, 0.15) is 15.9 Å². The van der Waals surface area contributed by atoms with E-state index in [0.29, 0.717) is 17.0 Å². The first-order valence-electron chi connectivity index (χ1n) is 8.73. The van der Waals surface area contributed by atoms with Crippen LogP contribution in [-0.2, 0) is 10.0 Å². The molecule has 3 aromatic rings. The first-order chi connectivity index (χ1) is 14.2. The largest absolute Gasteiger partial charge is 0.497 e. The fourth-order valence-electron chi connectivity index (χ4n) is 2.68. The highest BCUT2D eigenvalue weighted by molar-refractivity contribution is 7.92. The summed E-state index contributed by atoms with van der Waals surface area (Å²) < 4.78 is 59.6. The number of amides is 1. The molecule has 156 valence electrons. The summed E-state index contributed by atoms with van der Waals surface area (Å²) in [6.07, 6.45) is 0. The Labute approximate surface area is 172 Å². The maximum Gasteiger partial charge on any atom is 0.262 e. The standard InChI is InChI=1S/C21H18F2N2O4S/c1-13-3-5-16(24-21(26)14-4-10-18(22)19(23)11-14)12-20(13)30(27,28)25-15-6-8-17(29-2)9-7-15/h3-12,25H,1-2H3,(H,24,26). The number of rotatable bonds is 6. The normalized spacial score (nSPS) is 11.1. The molecule has 1 amide bonds. The lowest BCUT2D eigenvalue weighted by Gasteiger charge is -2.13. The predicted octanol–water partition coefficient (Wildman–Crippen LogP) is 4.33. The minimum atomic E-state index is -3.95. The fraction of sp³-hybridized carbons (Fsp3) is 0.0952. The van der Waals surface area contributed by atoms with E-state index in [9.17, 15) is 22.0 Å². The van der Waals surface area contributed by atoms with E-state index in [-0.39, 0.29) is 16.1 Å². The van der Waals surface area contributed by atoms with Crippen molar-refractivity contribution in [3.05, 3.63) is 83.4 Å². The molecule has 0 aliphatic carbocycles. The van der Waals surface area contributed by atoms with Gasteiger partial charge in [-0.1, -0.05) is 6.07 Å². The van der Waals surface area contributed by atoms with Crippen molar-refractivity contribution in [2.45, 2.75) is 11.8 Å². The SMILES string of the molecule is COc1ccc(NS(=O)(=O)c2cc(NC(=O)c3ccc(F)c(F)c3)ccc2C)cc1. The lowest BCUT2D eigenvalue weighted by atomic mass is 10.2. The number of carbonyl (C=O) groups is 1. The highest BCUT2D eigenvalue weighted by Gasteiger charge is 2.19. The number of halogens is 2. The van der Waals surface area contributed by atoms with Crippen LogP contribution in [0.5, 0.6) is 5.75 Å². The van der Waals surface area contributed by atoms with Gasteiger partial charge in [0, 0.05) is 16.9 Å². The average molecular weight is 432 g/mol. The number of methoxy groups -OCH3 is 1. The van der Waals surface area contributed by atoms with Gasteiger partial charge < -0.3 is 10.1 Å². The van der Waals surface area contributed by atoms with Gasteiger partial charge in [-0.15, -0.1) is 0 Å². The van der Waals surface area contributed by atoms with Crippen molar-refractivity contribution in [1.82, 2.24) is 0 Å². The monoisotopic (exact) mass is 432 g/mol. The van der Waals surface area contributed by atoms with Crippen molar-refractivity contribution in [3.63, 3.8) is 0 Å². The maximum atomic E-state index is 13.4. The van der Waals surface area contributed by atoms with Gasteiger partial charge in [0.15, 0.2) is 11.6 Å². The molecule has 0 radical (unpaired) electrons. The minimum absolute atomic E-state index is 0.0404. The molecule has 9 heteroatoms. The van der Waals surface area contributed by atoms with Crippen molar-refractivity contribution in [2.75, 3.05) is 17.1 Å². The number of anilines is 2. The summed E-state index contributed by atoms with van der Waals surface area (Å²) in [6.45, 7) is 1.61. The molecule has 0 aromatic heterocycles. The average Bonchev–Trinajstić information content (AvgIpc) is 2.71. The molecule has 0 fully saturated rings. The smallest absolute Gasteiger partial charge is 0.262 e. The Kier molecular flexibility index (Phi) is 6.02. The van der Waals surface area contributed by atoms with Crippen molar-refractivity contribution >= 4 is 27.3 Å². The quantitative estimate of drug-likeness (QED) is 0.607. The van der Waals surface area contributed by atoms with Crippen LogP contribution in [0.2, 0.25) is 0 Å². The lowest BCUT2D eigenvalue weighted by Crippen LogP contribution is -2.16.